The fourth-order valence-electron chi connectivity index (χ4n) is 3.05. The highest BCUT2D eigenvalue weighted by Gasteiger charge is 2.45. The maximum Gasteiger partial charge on any atom is 0.404 e. The van der Waals surface area contributed by atoms with Gasteiger partial charge < -0.3 is 14.8 Å². The summed E-state index contributed by atoms with van der Waals surface area (Å²) in [5, 5.41) is 2.78. The lowest BCUT2D eigenvalue weighted by atomic mass is 9.98. The van der Waals surface area contributed by atoms with Gasteiger partial charge in [-0.3, -0.25) is 9.69 Å². The van der Waals surface area contributed by atoms with Gasteiger partial charge in [0.15, 0.2) is 11.5 Å². The number of rotatable bonds is 2. The second kappa shape index (κ2) is 5.92. The van der Waals surface area contributed by atoms with Crippen molar-refractivity contribution < 1.29 is 27.4 Å². The summed E-state index contributed by atoms with van der Waals surface area (Å²) in [6.07, 6.45) is -3.99. The number of nitrogens with zero attached hydrogens (tertiary/aromatic N) is 1. The highest BCUT2D eigenvalue weighted by Crippen LogP contribution is 2.35. The summed E-state index contributed by atoms with van der Waals surface area (Å²) in [6, 6.07) is 3.20. The Morgan fingerprint density at radius 1 is 1.30 bits per heavy atom. The Labute approximate surface area is 131 Å². The van der Waals surface area contributed by atoms with Crippen LogP contribution in [0.1, 0.15) is 23.2 Å². The van der Waals surface area contributed by atoms with E-state index < -0.39 is 12.2 Å². The summed E-state index contributed by atoms with van der Waals surface area (Å²) in [4.78, 5) is 13.6. The summed E-state index contributed by atoms with van der Waals surface area (Å²) in [5.74, 6) is 0.508. The van der Waals surface area contributed by atoms with Crippen molar-refractivity contribution in [1.29, 1.82) is 0 Å². The van der Waals surface area contributed by atoms with Crippen LogP contribution in [0.25, 0.3) is 0 Å². The Morgan fingerprint density at radius 2 is 2.09 bits per heavy atom. The van der Waals surface area contributed by atoms with Crippen LogP contribution >= 0.6 is 0 Å². The lowest BCUT2D eigenvalue weighted by Gasteiger charge is -2.38. The normalized spacial score (nSPS) is 24.5. The van der Waals surface area contributed by atoms with Crippen LogP contribution in [-0.2, 0) is 0 Å². The van der Waals surface area contributed by atoms with Gasteiger partial charge in [-0.05, 0) is 32.0 Å². The number of piperidine rings is 1. The van der Waals surface area contributed by atoms with E-state index in [-0.39, 0.29) is 38.1 Å². The van der Waals surface area contributed by atoms with E-state index in [9.17, 15) is 18.0 Å². The molecule has 2 aliphatic rings. The molecule has 0 aromatic heterocycles. The second-order valence-electron chi connectivity index (χ2n) is 5.78. The Balaban J connectivity index is 1.65. The number of hydrogen-bond donors (Lipinski definition) is 1. The molecule has 0 aliphatic carbocycles. The van der Waals surface area contributed by atoms with Gasteiger partial charge in [0.25, 0.3) is 5.91 Å². The van der Waals surface area contributed by atoms with Gasteiger partial charge in [0.1, 0.15) is 6.04 Å². The first-order chi connectivity index (χ1) is 10.9. The van der Waals surface area contributed by atoms with Crippen LogP contribution in [0, 0.1) is 0 Å². The fraction of sp³-hybridized carbons (Fsp3) is 0.533. The van der Waals surface area contributed by atoms with Gasteiger partial charge in [0.2, 0.25) is 6.79 Å². The summed E-state index contributed by atoms with van der Waals surface area (Å²) in [5.41, 5.74) is 0.334. The molecule has 0 bridgehead atoms. The molecule has 1 aromatic rings. The zero-order valence-electron chi connectivity index (χ0n) is 12.5. The van der Waals surface area contributed by atoms with Gasteiger partial charge in [0.05, 0.1) is 5.56 Å². The Kier molecular flexibility index (Phi) is 4.09. The smallest absolute Gasteiger partial charge is 0.404 e. The fourth-order valence-corrected chi connectivity index (χ4v) is 3.05. The molecule has 1 aromatic carbocycles. The Bertz CT molecular complexity index is 606. The minimum Gasteiger partial charge on any atom is -0.454 e. The zero-order valence-corrected chi connectivity index (χ0v) is 12.5. The minimum atomic E-state index is -4.24. The minimum absolute atomic E-state index is 0.0303. The monoisotopic (exact) mass is 330 g/mol. The van der Waals surface area contributed by atoms with E-state index >= 15 is 0 Å². The van der Waals surface area contributed by atoms with E-state index in [4.69, 9.17) is 9.47 Å². The zero-order chi connectivity index (χ0) is 16.6. The highest BCUT2D eigenvalue weighted by molar-refractivity contribution is 5.98. The number of carbonyl (C=O) groups excluding carboxylic acids is 1. The number of ether oxygens (including phenoxy) is 2. The van der Waals surface area contributed by atoms with Crippen molar-refractivity contribution in [2.75, 3.05) is 20.4 Å². The van der Waals surface area contributed by atoms with Crippen LogP contribution in [0.5, 0.6) is 11.5 Å². The molecule has 8 heteroatoms. The standard InChI is InChI=1S/C15H17F3N2O3/c1-20-7-9(5-6-12(20)15(16,17)18)19-14(21)10-3-2-4-11-13(10)23-8-22-11/h2-4,9,12H,5-8H2,1H3,(H,19,21)/t9-,12-/m0/s1. The third-order valence-corrected chi connectivity index (χ3v) is 4.18. The molecule has 1 N–H and O–H groups in total. The molecule has 2 atom stereocenters. The van der Waals surface area contributed by atoms with Crippen molar-refractivity contribution in [3.63, 3.8) is 0 Å². The molecule has 1 fully saturated rings. The molecule has 0 radical (unpaired) electrons. The first kappa shape index (κ1) is 15.9. The summed E-state index contributed by atoms with van der Waals surface area (Å²) < 4.78 is 49.0. The van der Waals surface area contributed by atoms with Gasteiger partial charge in [-0.15, -0.1) is 0 Å². The quantitative estimate of drug-likeness (QED) is 0.903. The topological polar surface area (TPSA) is 50.8 Å². The van der Waals surface area contributed by atoms with E-state index in [1.165, 1.54) is 11.9 Å². The van der Waals surface area contributed by atoms with Crippen molar-refractivity contribution >= 4 is 5.91 Å². The Hall–Kier alpha value is -1.96. The summed E-state index contributed by atoms with van der Waals surface area (Å²) in [7, 11) is 1.42. The van der Waals surface area contributed by atoms with Crippen LogP contribution in [-0.4, -0.2) is 49.5 Å². The second-order valence-corrected chi connectivity index (χ2v) is 5.78. The first-order valence-electron chi connectivity index (χ1n) is 7.32. The lowest BCUT2D eigenvalue weighted by molar-refractivity contribution is -0.188. The first-order valence-corrected chi connectivity index (χ1v) is 7.32. The maximum absolute atomic E-state index is 12.8. The largest absolute Gasteiger partial charge is 0.454 e. The lowest BCUT2D eigenvalue weighted by Crippen LogP contribution is -2.54. The van der Waals surface area contributed by atoms with Crippen molar-refractivity contribution in [2.45, 2.75) is 31.1 Å². The molecule has 23 heavy (non-hydrogen) atoms. The SMILES string of the molecule is CN1C[C@@H](NC(=O)c2cccc3c2OCO3)CC[C@H]1C(F)(F)F. The molecule has 0 saturated carbocycles. The van der Waals surface area contributed by atoms with Crippen LogP contribution < -0.4 is 14.8 Å². The Morgan fingerprint density at radius 3 is 2.78 bits per heavy atom. The molecule has 1 saturated heterocycles. The number of benzene rings is 1. The molecule has 5 nitrogen and oxygen atoms in total. The van der Waals surface area contributed by atoms with Crippen molar-refractivity contribution in [3.05, 3.63) is 23.8 Å². The number of amides is 1. The number of para-hydroxylation sites is 1. The number of halogens is 3. The van der Waals surface area contributed by atoms with E-state index in [2.05, 4.69) is 5.32 Å². The third kappa shape index (κ3) is 3.21. The molecule has 126 valence electrons. The number of fused-ring (bicyclic) bond motifs is 1. The average molecular weight is 330 g/mol. The molecule has 0 unspecified atom stereocenters. The van der Waals surface area contributed by atoms with E-state index in [0.717, 1.165) is 0 Å². The molecule has 2 aliphatic heterocycles. The number of likely N-dealkylation sites (N-methyl/N-ethyl adjacent to an activating group) is 1. The number of hydrogen-bond acceptors (Lipinski definition) is 4. The predicted octanol–water partition coefficient (Wildman–Crippen LogP) is 2.17. The van der Waals surface area contributed by atoms with Gasteiger partial charge in [-0.2, -0.15) is 13.2 Å². The van der Waals surface area contributed by atoms with Crippen LogP contribution in [0.15, 0.2) is 18.2 Å². The number of likely N-dealkylation sites (tertiary alicyclic amines) is 1. The van der Waals surface area contributed by atoms with Crippen molar-refractivity contribution in [2.24, 2.45) is 0 Å². The third-order valence-electron chi connectivity index (χ3n) is 4.18. The molecule has 3 rings (SSSR count). The maximum atomic E-state index is 12.8. The summed E-state index contributed by atoms with van der Waals surface area (Å²) >= 11 is 0. The van der Waals surface area contributed by atoms with Gasteiger partial charge in [-0.1, -0.05) is 6.07 Å². The van der Waals surface area contributed by atoms with Crippen molar-refractivity contribution in [3.8, 4) is 11.5 Å². The molecule has 1 amide bonds. The van der Waals surface area contributed by atoms with Gasteiger partial charge >= 0.3 is 6.18 Å². The van der Waals surface area contributed by atoms with Crippen LogP contribution in [0.2, 0.25) is 0 Å². The highest BCUT2D eigenvalue weighted by atomic mass is 19.4. The number of alkyl halides is 3. The molecule has 0 spiro atoms. The van der Waals surface area contributed by atoms with E-state index in [1.807, 2.05) is 0 Å². The van der Waals surface area contributed by atoms with E-state index in [1.54, 1.807) is 18.2 Å². The van der Waals surface area contributed by atoms with Crippen LogP contribution in [0.4, 0.5) is 13.2 Å². The van der Waals surface area contributed by atoms with E-state index in [0.29, 0.717) is 17.1 Å². The molecular weight excluding hydrogens is 313 g/mol. The van der Waals surface area contributed by atoms with Gasteiger partial charge in [-0.25, -0.2) is 0 Å². The number of nitrogens with one attached hydrogen (secondary N) is 1. The predicted molar refractivity (Wildman–Crippen MR) is 75.5 cm³/mol. The molecular formula is C15H17F3N2O3. The van der Waals surface area contributed by atoms with Crippen LogP contribution in [0.3, 0.4) is 0 Å². The summed E-state index contributed by atoms with van der Waals surface area (Å²) in [6.45, 7) is 0.210. The van der Waals surface area contributed by atoms with Gasteiger partial charge in [0, 0.05) is 12.6 Å². The van der Waals surface area contributed by atoms with Crippen molar-refractivity contribution in [1.82, 2.24) is 10.2 Å². The molecule has 2 heterocycles. The average Bonchev–Trinajstić information content (AvgIpc) is 2.94. The number of carbonyl (C=O) groups is 1.